The molecule has 1 rings (SSSR count). The van der Waals surface area contributed by atoms with Gasteiger partial charge in [0.05, 0.1) is 6.61 Å². The molecule has 0 aliphatic carbocycles. The molecule has 0 unspecified atom stereocenters. The third-order valence-electron chi connectivity index (χ3n) is 3.75. The number of rotatable bonds is 8. The first-order valence-corrected chi connectivity index (χ1v) is 7.44. The molecule has 3 heteroatoms. The average Bonchev–Trinajstić information content (AvgIpc) is 2.41. The molecule has 0 saturated carbocycles. The second-order valence-electron chi connectivity index (χ2n) is 4.64. The first kappa shape index (κ1) is 15.7. The van der Waals surface area contributed by atoms with Crippen LogP contribution in [0.1, 0.15) is 32.3 Å². The maximum absolute atomic E-state index is 5.08. The number of methoxy groups -OCH3 is 1. The Labute approximate surface area is 119 Å². The fourth-order valence-corrected chi connectivity index (χ4v) is 3.07. The molecular formula is C15H24BrNO. The van der Waals surface area contributed by atoms with E-state index in [0.29, 0.717) is 0 Å². The summed E-state index contributed by atoms with van der Waals surface area (Å²) in [4.78, 5) is 0. The lowest BCUT2D eigenvalue weighted by Gasteiger charge is -2.33. The minimum atomic E-state index is 0.202. The summed E-state index contributed by atoms with van der Waals surface area (Å²) in [5.74, 6) is 0. The smallest absolute Gasteiger partial charge is 0.0587 e. The molecule has 0 aromatic heterocycles. The monoisotopic (exact) mass is 313 g/mol. The molecule has 0 aliphatic rings. The Morgan fingerprint density at radius 1 is 1.22 bits per heavy atom. The number of halogens is 1. The highest BCUT2D eigenvalue weighted by Gasteiger charge is 2.29. The topological polar surface area (TPSA) is 21.3 Å². The van der Waals surface area contributed by atoms with Crippen molar-refractivity contribution in [3.63, 3.8) is 0 Å². The summed E-state index contributed by atoms with van der Waals surface area (Å²) in [7, 11) is 1.74. The third kappa shape index (κ3) is 3.81. The Kier molecular flexibility index (Phi) is 6.90. The second-order valence-corrected chi connectivity index (χ2v) is 5.49. The van der Waals surface area contributed by atoms with Gasteiger partial charge in [0.15, 0.2) is 0 Å². The lowest BCUT2D eigenvalue weighted by Crippen LogP contribution is -2.38. The van der Waals surface area contributed by atoms with Crippen molar-refractivity contribution in [2.75, 3.05) is 26.8 Å². The lowest BCUT2D eigenvalue weighted by molar-refractivity contribution is 0.195. The van der Waals surface area contributed by atoms with Crippen molar-refractivity contribution in [3.8, 4) is 0 Å². The van der Waals surface area contributed by atoms with E-state index in [-0.39, 0.29) is 5.41 Å². The van der Waals surface area contributed by atoms with Gasteiger partial charge in [-0.1, -0.05) is 48.0 Å². The van der Waals surface area contributed by atoms with Crippen LogP contribution in [0.5, 0.6) is 0 Å². The minimum absolute atomic E-state index is 0.202. The van der Waals surface area contributed by atoms with Crippen LogP contribution in [0.3, 0.4) is 0 Å². The van der Waals surface area contributed by atoms with Gasteiger partial charge in [0.2, 0.25) is 0 Å². The van der Waals surface area contributed by atoms with E-state index in [1.165, 1.54) is 10.0 Å². The zero-order valence-corrected chi connectivity index (χ0v) is 13.2. The van der Waals surface area contributed by atoms with Gasteiger partial charge in [0.25, 0.3) is 0 Å². The molecule has 0 fully saturated rings. The highest BCUT2D eigenvalue weighted by atomic mass is 79.9. The molecule has 18 heavy (non-hydrogen) atoms. The number of nitrogens with one attached hydrogen (secondary N) is 1. The highest BCUT2D eigenvalue weighted by Crippen LogP contribution is 2.35. The minimum Gasteiger partial charge on any atom is -0.383 e. The highest BCUT2D eigenvalue weighted by molar-refractivity contribution is 9.10. The van der Waals surface area contributed by atoms with Crippen LogP contribution in [-0.2, 0) is 10.2 Å². The van der Waals surface area contributed by atoms with Crippen molar-refractivity contribution in [1.29, 1.82) is 0 Å². The largest absolute Gasteiger partial charge is 0.383 e. The van der Waals surface area contributed by atoms with E-state index in [4.69, 9.17) is 4.74 Å². The molecule has 1 aromatic rings. The van der Waals surface area contributed by atoms with E-state index in [0.717, 1.165) is 32.5 Å². The number of benzene rings is 1. The van der Waals surface area contributed by atoms with Crippen LogP contribution in [0.15, 0.2) is 28.7 Å². The van der Waals surface area contributed by atoms with Crippen LogP contribution in [0.2, 0.25) is 0 Å². The van der Waals surface area contributed by atoms with Gasteiger partial charge in [-0.05, 0) is 24.5 Å². The maximum Gasteiger partial charge on any atom is 0.0587 e. The van der Waals surface area contributed by atoms with E-state index in [2.05, 4.69) is 59.4 Å². The summed E-state index contributed by atoms with van der Waals surface area (Å²) in [6, 6.07) is 8.55. The molecular weight excluding hydrogens is 290 g/mol. The molecule has 0 spiro atoms. The summed E-state index contributed by atoms with van der Waals surface area (Å²) < 4.78 is 6.29. The van der Waals surface area contributed by atoms with Crippen LogP contribution in [0, 0.1) is 0 Å². The van der Waals surface area contributed by atoms with Gasteiger partial charge in [0, 0.05) is 30.1 Å². The molecule has 2 nitrogen and oxygen atoms in total. The van der Waals surface area contributed by atoms with Gasteiger partial charge in [0.1, 0.15) is 0 Å². The molecule has 0 atom stereocenters. The first-order chi connectivity index (χ1) is 8.70. The molecule has 1 aromatic carbocycles. The van der Waals surface area contributed by atoms with Crippen molar-refractivity contribution in [2.24, 2.45) is 0 Å². The fourth-order valence-electron chi connectivity index (χ4n) is 2.37. The molecule has 0 aliphatic heterocycles. The van der Waals surface area contributed by atoms with Crippen LogP contribution < -0.4 is 5.32 Å². The van der Waals surface area contributed by atoms with Crippen molar-refractivity contribution < 1.29 is 4.74 Å². The molecule has 0 heterocycles. The summed E-state index contributed by atoms with van der Waals surface area (Å²) in [6.07, 6.45) is 2.26. The van der Waals surface area contributed by atoms with E-state index in [9.17, 15) is 0 Å². The standard InChI is InChI=1S/C15H24BrNO/c1-4-15(5-2,12-17-10-11-18-3)13-8-6-7-9-14(13)16/h6-9,17H,4-5,10-12H2,1-3H3. The van der Waals surface area contributed by atoms with Crippen LogP contribution in [-0.4, -0.2) is 26.8 Å². The van der Waals surface area contributed by atoms with Crippen LogP contribution in [0.4, 0.5) is 0 Å². The SMILES string of the molecule is CCC(CC)(CNCCOC)c1ccccc1Br. The molecule has 0 amide bonds. The number of ether oxygens (including phenoxy) is 1. The Morgan fingerprint density at radius 3 is 2.44 bits per heavy atom. The predicted molar refractivity (Wildman–Crippen MR) is 81.1 cm³/mol. The zero-order valence-electron chi connectivity index (χ0n) is 11.6. The molecule has 1 N–H and O–H groups in total. The van der Waals surface area contributed by atoms with E-state index in [1.807, 2.05) is 0 Å². The van der Waals surface area contributed by atoms with E-state index < -0.39 is 0 Å². The number of hydrogen-bond acceptors (Lipinski definition) is 2. The molecule has 0 saturated heterocycles. The molecule has 0 bridgehead atoms. The molecule has 102 valence electrons. The average molecular weight is 314 g/mol. The Balaban J connectivity index is 2.83. The van der Waals surface area contributed by atoms with Crippen molar-refractivity contribution in [3.05, 3.63) is 34.3 Å². The van der Waals surface area contributed by atoms with Crippen molar-refractivity contribution in [2.45, 2.75) is 32.1 Å². The summed E-state index contributed by atoms with van der Waals surface area (Å²) >= 11 is 3.68. The quantitative estimate of drug-likeness (QED) is 0.738. The Hall–Kier alpha value is -0.380. The van der Waals surface area contributed by atoms with Gasteiger partial charge in [-0.15, -0.1) is 0 Å². The third-order valence-corrected chi connectivity index (χ3v) is 4.44. The van der Waals surface area contributed by atoms with Crippen molar-refractivity contribution in [1.82, 2.24) is 5.32 Å². The van der Waals surface area contributed by atoms with Gasteiger partial charge in [-0.25, -0.2) is 0 Å². The lowest BCUT2D eigenvalue weighted by atomic mass is 9.76. The fraction of sp³-hybridized carbons (Fsp3) is 0.600. The van der Waals surface area contributed by atoms with Gasteiger partial charge >= 0.3 is 0 Å². The molecule has 0 radical (unpaired) electrons. The van der Waals surface area contributed by atoms with Crippen LogP contribution in [0.25, 0.3) is 0 Å². The summed E-state index contributed by atoms with van der Waals surface area (Å²) in [5.41, 5.74) is 1.60. The van der Waals surface area contributed by atoms with Gasteiger partial charge < -0.3 is 10.1 Å². The van der Waals surface area contributed by atoms with Crippen molar-refractivity contribution >= 4 is 15.9 Å². The summed E-state index contributed by atoms with van der Waals surface area (Å²) in [6.45, 7) is 7.19. The van der Waals surface area contributed by atoms with E-state index >= 15 is 0 Å². The second kappa shape index (κ2) is 7.93. The van der Waals surface area contributed by atoms with Gasteiger partial charge in [-0.3, -0.25) is 0 Å². The first-order valence-electron chi connectivity index (χ1n) is 6.65. The summed E-state index contributed by atoms with van der Waals surface area (Å²) in [5, 5.41) is 3.51. The van der Waals surface area contributed by atoms with Gasteiger partial charge in [-0.2, -0.15) is 0 Å². The maximum atomic E-state index is 5.08. The zero-order chi connectivity index (χ0) is 13.4. The number of hydrogen-bond donors (Lipinski definition) is 1. The van der Waals surface area contributed by atoms with E-state index in [1.54, 1.807) is 7.11 Å². The Bertz CT molecular complexity index is 350. The Morgan fingerprint density at radius 2 is 1.89 bits per heavy atom. The predicted octanol–water partition coefficient (Wildman–Crippen LogP) is 3.74. The normalized spacial score (nSPS) is 11.8. The van der Waals surface area contributed by atoms with Crippen LogP contribution >= 0.6 is 15.9 Å².